The summed E-state index contributed by atoms with van der Waals surface area (Å²) in [5.74, 6) is -0.111. The molecule has 2 N–H and O–H groups in total. The lowest BCUT2D eigenvalue weighted by molar-refractivity contribution is -0.132. The van der Waals surface area contributed by atoms with E-state index >= 15 is 0 Å². The van der Waals surface area contributed by atoms with E-state index in [0.717, 1.165) is 12.2 Å². The van der Waals surface area contributed by atoms with Crippen LogP contribution in [-0.2, 0) is 4.79 Å². The quantitative estimate of drug-likeness (QED) is 0.531. The van der Waals surface area contributed by atoms with Crippen LogP contribution in [0, 0.1) is 0 Å². The van der Waals surface area contributed by atoms with E-state index in [-0.39, 0.29) is 5.57 Å². The summed E-state index contributed by atoms with van der Waals surface area (Å²) in [6, 6.07) is 9.58. The molecule has 0 saturated heterocycles. The van der Waals surface area contributed by atoms with E-state index in [9.17, 15) is 4.79 Å². The number of ether oxygens (including phenoxy) is 1. The van der Waals surface area contributed by atoms with Crippen molar-refractivity contribution in [1.29, 1.82) is 0 Å². The second kappa shape index (κ2) is 7.46. The summed E-state index contributed by atoms with van der Waals surface area (Å²) in [5, 5.41) is 11.6. The summed E-state index contributed by atoms with van der Waals surface area (Å²) >= 11 is 0. The van der Waals surface area contributed by atoms with Gasteiger partial charge in [-0.3, -0.25) is 0 Å². The van der Waals surface area contributed by atoms with Gasteiger partial charge in [0, 0.05) is 12.1 Å². The highest BCUT2D eigenvalue weighted by atomic mass is 16.5. The number of carboxylic acids is 1. The number of aliphatic carboxylic acids is 1. The summed E-state index contributed by atoms with van der Waals surface area (Å²) < 4.78 is 5.48. The first-order valence-electron chi connectivity index (χ1n) is 5.50. The first-order chi connectivity index (χ1) is 8.20. The van der Waals surface area contributed by atoms with Gasteiger partial charge in [-0.1, -0.05) is 24.8 Å². The molecule has 17 heavy (non-hydrogen) atoms. The van der Waals surface area contributed by atoms with Crippen molar-refractivity contribution in [1.82, 2.24) is 5.32 Å². The predicted octanol–water partition coefficient (Wildman–Crippen LogP) is 1.69. The Morgan fingerprint density at radius 1 is 1.35 bits per heavy atom. The lowest BCUT2D eigenvalue weighted by Crippen LogP contribution is -2.22. The average molecular weight is 235 g/mol. The zero-order valence-corrected chi connectivity index (χ0v) is 9.69. The standard InChI is InChI=1S/C13H17NO3/c1-11(13(15)16)10-14-8-5-9-17-12-6-3-2-4-7-12/h2-4,6-7,14H,1,5,8-10H2,(H,15,16). The topological polar surface area (TPSA) is 58.6 Å². The Morgan fingerprint density at radius 2 is 2.06 bits per heavy atom. The molecule has 0 spiro atoms. The third-order valence-corrected chi connectivity index (χ3v) is 2.15. The van der Waals surface area contributed by atoms with Gasteiger partial charge in [0.15, 0.2) is 0 Å². The van der Waals surface area contributed by atoms with Crippen LogP contribution in [0.2, 0.25) is 0 Å². The monoisotopic (exact) mass is 235 g/mol. The molecule has 0 aliphatic heterocycles. The Bertz CT molecular complexity index is 362. The van der Waals surface area contributed by atoms with Crippen LogP contribution in [0.4, 0.5) is 0 Å². The van der Waals surface area contributed by atoms with Crippen molar-refractivity contribution in [3.63, 3.8) is 0 Å². The predicted molar refractivity (Wildman–Crippen MR) is 66.2 cm³/mol. The van der Waals surface area contributed by atoms with Gasteiger partial charge in [-0.2, -0.15) is 0 Å². The molecule has 0 heterocycles. The number of carboxylic acid groups (broad SMARTS) is 1. The van der Waals surface area contributed by atoms with Gasteiger partial charge in [0.05, 0.1) is 6.61 Å². The lowest BCUT2D eigenvalue weighted by Gasteiger charge is -2.06. The van der Waals surface area contributed by atoms with Crippen LogP contribution in [0.3, 0.4) is 0 Å². The number of benzene rings is 1. The van der Waals surface area contributed by atoms with Crippen LogP contribution in [0.15, 0.2) is 42.5 Å². The highest BCUT2D eigenvalue weighted by Gasteiger charge is 2.01. The van der Waals surface area contributed by atoms with Crippen LogP contribution in [0.1, 0.15) is 6.42 Å². The van der Waals surface area contributed by atoms with Crippen molar-refractivity contribution in [2.24, 2.45) is 0 Å². The van der Waals surface area contributed by atoms with Crippen LogP contribution in [0.5, 0.6) is 5.75 Å². The minimum absolute atomic E-state index is 0.175. The fourth-order valence-corrected chi connectivity index (χ4v) is 1.22. The molecule has 0 aliphatic rings. The summed E-state index contributed by atoms with van der Waals surface area (Å²) in [4.78, 5) is 10.4. The molecular weight excluding hydrogens is 218 g/mol. The zero-order chi connectivity index (χ0) is 12.5. The zero-order valence-electron chi connectivity index (χ0n) is 9.69. The summed E-state index contributed by atoms with van der Waals surface area (Å²) in [6.07, 6.45) is 0.821. The van der Waals surface area contributed by atoms with Gasteiger partial charge in [0.2, 0.25) is 0 Å². The lowest BCUT2D eigenvalue weighted by atomic mass is 10.3. The molecule has 0 aromatic heterocycles. The number of hydrogen-bond donors (Lipinski definition) is 2. The van der Waals surface area contributed by atoms with Crippen molar-refractivity contribution in [3.8, 4) is 5.75 Å². The van der Waals surface area contributed by atoms with E-state index in [4.69, 9.17) is 9.84 Å². The van der Waals surface area contributed by atoms with Gasteiger partial charge in [-0.25, -0.2) is 4.79 Å². The highest BCUT2D eigenvalue weighted by molar-refractivity contribution is 5.86. The van der Waals surface area contributed by atoms with Gasteiger partial charge < -0.3 is 15.2 Å². The van der Waals surface area contributed by atoms with E-state index < -0.39 is 5.97 Å². The van der Waals surface area contributed by atoms with E-state index in [1.807, 2.05) is 30.3 Å². The van der Waals surface area contributed by atoms with E-state index in [1.54, 1.807) is 0 Å². The Morgan fingerprint density at radius 3 is 2.71 bits per heavy atom. The third-order valence-electron chi connectivity index (χ3n) is 2.15. The second-order valence-electron chi connectivity index (χ2n) is 3.60. The first-order valence-corrected chi connectivity index (χ1v) is 5.50. The molecule has 0 amide bonds. The van der Waals surface area contributed by atoms with Crippen molar-refractivity contribution >= 4 is 5.97 Å². The molecule has 0 unspecified atom stereocenters. The molecule has 4 nitrogen and oxygen atoms in total. The minimum atomic E-state index is -0.960. The smallest absolute Gasteiger partial charge is 0.332 e. The maximum atomic E-state index is 10.4. The Balaban J connectivity index is 2.02. The molecule has 1 rings (SSSR count). The molecule has 92 valence electrons. The van der Waals surface area contributed by atoms with E-state index in [0.29, 0.717) is 19.7 Å². The molecule has 0 fully saturated rings. The van der Waals surface area contributed by atoms with E-state index in [1.165, 1.54) is 0 Å². The summed E-state index contributed by atoms with van der Waals surface area (Å²) in [6.45, 7) is 5.05. The maximum Gasteiger partial charge on any atom is 0.332 e. The Labute approximate surface area is 101 Å². The fourth-order valence-electron chi connectivity index (χ4n) is 1.22. The van der Waals surface area contributed by atoms with Gasteiger partial charge in [-0.05, 0) is 25.1 Å². The van der Waals surface area contributed by atoms with Crippen molar-refractivity contribution in [3.05, 3.63) is 42.5 Å². The molecule has 0 bridgehead atoms. The Kier molecular flexibility index (Phi) is 5.82. The van der Waals surface area contributed by atoms with Crippen LogP contribution >= 0.6 is 0 Å². The average Bonchev–Trinajstić information content (AvgIpc) is 2.34. The molecule has 0 aliphatic carbocycles. The highest BCUT2D eigenvalue weighted by Crippen LogP contribution is 2.07. The van der Waals surface area contributed by atoms with Crippen molar-refractivity contribution < 1.29 is 14.6 Å². The normalized spacial score (nSPS) is 9.88. The van der Waals surface area contributed by atoms with Crippen LogP contribution < -0.4 is 10.1 Å². The molecule has 0 saturated carbocycles. The number of rotatable bonds is 8. The van der Waals surface area contributed by atoms with Crippen LogP contribution in [0.25, 0.3) is 0 Å². The largest absolute Gasteiger partial charge is 0.494 e. The number of hydrogen-bond acceptors (Lipinski definition) is 3. The Hall–Kier alpha value is -1.81. The van der Waals surface area contributed by atoms with Crippen molar-refractivity contribution in [2.45, 2.75) is 6.42 Å². The van der Waals surface area contributed by atoms with Gasteiger partial charge in [-0.15, -0.1) is 0 Å². The molecule has 0 radical (unpaired) electrons. The molecule has 1 aromatic rings. The summed E-state index contributed by atoms with van der Waals surface area (Å²) in [5.41, 5.74) is 0.175. The van der Waals surface area contributed by atoms with Crippen LogP contribution in [-0.4, -0.2) is 30.8 Å². The second-order valence-corrected chi connectivity index (χ2v) is 3.60. The first kappa shape index (κ1) is 13.3. The molecule has 0 atom stereocenters. The van der Waals surface area contributed by atoms with Gasteiger partial charge in [0.25, 0.3) is 0 Å². The molecule has 1 aromatic carbocycles. The number of nitrogens with one attached hydrogen (secondary N) is 1. The fraction of sp³-hybridized carbons (Fsp3) is 0.308. The molecular formula is C13H17NO3. The maximum absolute atomic E-state index is 10.4. The SMILES string of the molecule is C=C(CNCCCOc1ccccc1)C(=O)O. The number of para-hydroxylation sites is 1. The third kappa shape index (κ3) is 5.73. The van der Waals surface area contributed by atoms with Gasteiger partial charge >= 0.3 is 5.97 Å². The van der Waals surface area contributed by atoms with E-state index in [2.05, 4.69) is 11.9 Å². The minimum Gasteiger partial charge on any atom is -0.494 e. The molecule has 4 heteroatoms. The number of carbonyl (C=O) groups is 1. The van der Waals surface area contributed by atoms with Gasteiger partial charge in [0.1, 0.15) is 5.75 Å². The van der Waals surface area contributed by atoms with Crippen molar-refractivity contribution in [2.75, 3.05) is 19.7 Å². The summed E-state index contributed by atoms with van der Waals surface area (Å²) in [7, 11) is 0.